The van der Waals surface area contributed by atoms with Gasteiger partial charge in [0.1, 0.15) is 11.7 Å². The molecule has 158 valence electrons. The number of nitrogens with one attached hydrogen (secondary N) is 2. The number of nitro benzene ring substituents is 1. The Labute approximate surface area is 175 Å². The van der Waals surface area contributed by atoms with E-state index in [1.807, 2.05) is 35.2 Å². The zero-order valence-corrected chi connectivity index (χ0v) is 17.0. The lowest BCUT2D eigenvalue weighted by Crippen LogP contribution is -2.36. The van der Waals surface area contributed by atoms with Crippen LogP contribution in [0, 0.1) is 17.0 Å². The number of carbonyl (C=O) groups excluding carboxylic acids is 2. The summed E-state index contributed by atoms with van der Waals surface area (Å²) in [5.74, 6) is -0.344. The zero-order valence-electron chi connectivity index (χ0n) is 17.0. The fourth-order valence-electron chi connectivity index (χ4n) is 3.56. The van der Waals surface area contributed by atoms with E-state index in [-0.39, 0.29) is 17.3 Å². The predicted octanol–water partition coefficient (Wildman–Crippen LogP) is 3.19. The third-order valence-electron chi connectivity index (χ3n) is 5.15. The van der Waals surface area contributed by atoms with Crippen molar-refractivity contribution in [2.75, 3.05) is 25.0 Å². The highest BCUT2D eigenvalue weighted by Gasteiger charge is 2.24. The molecule has 1 heterocycles. The van der Waals surface area contributed by atoms with E-state index >= 15 is 0 Å². The van der Waals surface area contributed by atoms with Crippen LogP contribution in [0.5, 0.6) is 0 Å². The van der Waals surface area contributed by atoms with Gasteiger partial charge in [0.05, 0.1) is 4.92 Å². The van der Waals surface area contributed by atoms with Crippen LogP contribution in [0.1, 0.15) is 36.4 Å². The quantitative estimate of drug-likeness (QED) is 0.514. The van der Waals surface area contributed by atoms with E-state index < -0.39 is 16.9 Å². The van der Waals surface area contributed by atoms with E-state index in [0.29, 0.717) is 13.0 Å². The van der Waals surface area contributed by atoms with E-state index in [1.165, 1.54) is 12.1 Å². The largest absolute Gasteiger partial charge is 0.343 e. The summed E-state index contributed by atoms with van der Waals surface area (Å²) in [5, 5.41) is 17.2. The zero-order chi connectivity index (χ0) is 21.5. The smallest absolute Gasteiger partial charge is 0.293 e. The summed E-state index contributed by atoms with van der Waals surface area (Å²) in [6.45, 7) is 3.67. The Kier molecular flexibility index (Phi) is 7.13. The second-order valence-electron chi connectivity index (χ2n) is 7.40. The first-order valence-corrected chi connectivity index (χ1v) is 10.1. The minimum atomic E-state index is -0.738. The van der Waals surface area contributed by atoms with Gasteiger partial charge in [0, 0.05) is 32.1 Å². The number of carbonyl (C=O) groups is 2. The van der Waals surface area contributed by atoms with E-state index in [9.17, 15) is 19.7 Å². The first-order valence-electron chi connectivity index (χ1n) is 10.1. The number of likely N-dealkylation sites (tertiary alicyclic amines) is 1. The molecule has 0 aliphatic carbocycles. The van der Waals surface area contributed by atoms with Gasteiger partial charge in [-0.2, -0.15) is 0 Å². The van der Waals surface area contributed by atoms with Gasteiger partial charge in [-0.3, -0.25) is 19.7 Å². The Morgan fingerprint density at radius 3 is 2.50 bits per heavy atom. The van der Waals surface area contributed by atoms with Crippen molar-refractivity contribution >= 4 is 23.2 Å². The first-order chi connectivity index (χ1) is 14.5. The van der Waals surface area contributed by atoms with E-state index in [0.717, 1.165) is 37.1 Å². The van der Waals surface area contributed by atoms with Crippen molar-refractivity contribution in [3.63, 3.8) is 0 Å². The lowest BCUT2D eigenvalue weighted by molar-refractivity contribution is -0.384. The van der Waals surface area contributed by atoms with Gasteiger partial charge in [0.2, 0.25) is 11.8 Å². The Hall–Kier alpha value is -3.26. The molecule has 0 spiro atoms. The summed E-state index contributed by atoms with van der Waals surface area (Å²) in [4.78, 5) is 38.0. The molecular formula is C22H26N4O4. The monoisotopic (exact) mass is 410 g/mol. The summed E-state index contributed by atoms with van der Waals surface area (Å²) in [6, 6.07) is 13.0. The molecule has 8 heteroatoms. The third kappa shape index (κ3) is 5.42. The van der Waals surface area contributed by atoms with Crippen molar-refractivity contribution in [2.24, 2.45) is 0 Å². The van der Waals surface area contributed by atoms with Crippen LogP contribution in [-0.4, -0.2) is 41.3 Å². The maximum atomic E-state index is 13.0. The molecule has 0 radical (unpaired) electrons. The van der Waals surface area contributed by atoms with Crippen LogP contribution in [0.2, 0.25) is 0 Å². The van der Waals surface area contributed by atoms with Crippen LogP contribution in [0.4, 0.5) is 11.4 Å². The van der Waals surface area contributed by atoms with Gasteiger partial charge in [0.25, 0.3) is 5.69 Å². The van der Waals surface area contributed by atoms with Crippen LogP contribution in [0.3, 0.4) is 0 Å². The summed E-state index contributed by atoms with van der Waals surface area (Å²) in [6.07, 6.45) is 2.36. The predicted molar refractivity (Wildman–Crippen MR) is 114 cm³/mol. The molecule has 0 aromatic heterocycles. The summed E-state index contributed by atoms with van der Waals surface area (Å²) in [7, 11) is 0. The van der Waals surface area contributed by atoms with Crippen molar-refractivity contribution in [2.45, 2.75) is 32.2 Å². The van der Waals surface area contributed by atoms with Crippen molar-refractivity contribution in [1.29, 1.82) is 0 Å². The third-order valence-corrected chi connectivity index (χ3v) is 5.15. The maximum Gasteiger partial charge on any atom is 0.293 e. The highest BCUT2D eigenvalue weighted by Crippen LogP contribution is 2.26. The van der Waals surface area contributed by atoms with Crippen molar-refractivity contribution in [1.82, 2.24) is 10.2 Å². The maximum absolute atomic E-state index is 13.0. The number of nitrogens with zero attached hydrogens (tertiary/aromatic N) is 2. The summed E-state index contributed by atoms with van der Waals surface area (Å²) < 4.78 is 0. The highest BCUT2D eigenvalue weighted by atomic mass is 16.6. The summed E-state index contributed by atoms with van der Waals surface area (Å²) in [5.41, 5.74) is 1.45. The van der Waals surface area contributed by atoms with Crippen molar-refractivity contribution in [3.8, 4) is 0 Å². The molecule has 0 saturated carbocycles. The van der Waals surface area contributed by atoms with Gasteiger partial charge in [-0.1, -0.05) is 36.4 Å². The van der Waals surface area contributed by atoms with Crippen LogP contribution >= 0.6 is 0 Å². The van der Waals surface area contributed by atoms with Crippen molar-refractivity contribution < 1.29 is 14.5 Å². The number of benzene rings is 2. The fraction of sp³-hybridized carbons (Fsp3) is 0.364. The lowest BCUT2D eigenvalue weighted by atomic mass is 10.1. The standard InChI is InChI=1S/C22H26N4O4/c1-16-9-10-18(19(15-16)26(29)30)24-22(28)21(17-7-3-2-4-8-17)23-12-11-20(27)25-13-5-6-14-25/h2-4,7-10,15,21,23H,5-6,11-14H2,1H3,(H,24,28)/t21-/m1/s1. The molecule has 8 nitrogen and oxygen atoms in total. The minimum absolute atomic E-state index is 0.0707. The van der Waals surface area contributed by atoms with Crippen LogP contribution < -0.4 is 10.6 Å². The second kappa shape index (κ2) is 9.98. The topological polar surface area (TPSA) is 105 Å². The normalized spacial score (nSPS) is 14.4. The molecule has 2 amide bonds. The molecule has 1 fully saturated rings. The van der Waals surface area contributed by atoms with Gasteiger partial charge in [-0.05, 0) is 37.0 Å². The van der Waals surface area contributed by atoms with Crippen LogP contribution in [0.25, 0.3) is 0 Å². The molecule has 1 saturated heterocycles. The number of anilines is 1. The Morgan fingerprint density at radius 1 is 1.13 bits per heavy atom. The molecule has 30 heavy (non-hydrogen) atoms. The summed E-state index contributed by atoms with van der Waals surface area (Å²) >= 11 is 0. The average Bonchev–Trinajstić information content (AvgIpc) is 3.28. The molecular weight excluding hydrogens is 384 g/mol. The molecule has 0 unspecified atom stereocenters. The molecule has 1 aliphatic heterocycles. The number of amides is 2. The molecule has 0 bridgehead atoms. The fourth-order valence-corrected chi connectivity index (χ4v) is 3.56. The van der Waals surface area contributed by atoms with Gasteiger partial charge in [-0.15, -0.1) is 0 Å². The average molecular weight is 410 g/mol. The first kappa shape index (κ1) is 21.4. The Balaban J connectivity index is 1.71. The molecule has 2 N–H and O–H groups in total. The Bertz CT molecular complexity index is 911. The molecule has 2 aromatic carbocycles. The molecule has 3 rings (SSSR count). The lowest BCUT2D eigenvalue weighted by Gasteiger charge is -2.20. The SMILES string of the molecule is Cc1ccc(NC(=O)[C@H](NCCC(=O)N2CCCC2)c2ccccc2)c([N+](=O)[O-])c1. The van der Waals surface area contributed by atoms with Gasteiger partial charge in [-0.25, -0.2) is 0 Å². The van der Waals surface area contributed by atoms with Crippen LogP contribution in [0.15, 0.2) is 48.5 Å². The highest BCUT2D eigenvalue weighted by molar-refractivity contribution is 5.97. The van der Waals surface area contributed by atoms with Crippen molar-refractivity contribution in [3.05, 3.63) is 69.8 Å². The Morgan fingerprint density at radius 2 is 1.83 bits per heavy atom. The number of aryl methyl sites for hydroxylation is 1. The number of rotatable bonds is 8. The molecule has 2 aromatic rings. The van der Waals surface area contributed by atoms with Gasteiger partial charge in [0.15, 0.2) is 0 Å². The van der Waals surface area contributed by atoms with E-state index in [1.54, 1.807) is 13.0 Å². The molecule has 1 atom stereocenters. The molecule has 1 aliphatic rings. The van der Waals surface area contributed by atoms with E-state index in [4.69, 9.17) is 0 Å². The number of hydrogen-bond acceptors (Lipinski definition) is 5. The number of nitro groups is 1. The number of hydrogen-bond donors (Lipinski definition) is 2. The van der Waals surface area contributed by atoms with Gasteiger partial charge >= 0.3 is 0 Å². The van der Waals surface area contributed by atoms with E-state index in [2.05, 4.69) is 10.6 Å². The van der Waals surface area contributed by atoms with Gasteiger partial charge < -0.3 is 15.5 Å². The van der Waals surface area contributed by atoms with Crippen LogP contribution in [-0.2, 0) is 9.59 Å². The second-order valence-corrected chi connectivity index (χ2v) is 7.40. The minimum Gasteiger partial charge on any atom is -0.343 e.